The Kier molecular flexibility index (Phi) is 9.35. The van der Waals surface area contributed by atoms with Gasteiger partial charge in [0, 0.05) is 10.8 Å². The fourth-order valence-electron chi connectivity index (χ4n) is 12.9. The second-order valence-corrected chi connectivity index (χ2v) is 18.8. The third-order valence-corrected chi connectivity index (χ3v) is 15.7. The lowest BCUT2D eigenvalue weighted by atomic mass is 9.32. The molecular weight excluding hydrogens is 596 g/mol. The van der Waals surface area contributed by atoms with Crippen LogP contribution >= 0.6 is 11.6 Å². The van der Waals surface area contributed by atoms with Gasteiger partial charge in [0.1, 0.15) is 12.7 Å². The molecule has 5 saturated carbocycles. The van der Waals surface area contributed by atoms with E-state index in [4.69, 9.17) is 21.1 Å². The minimum Gasteiger partial charge on any atom is -0.462 e. The number of hydrogen-bond donors (Lipinski definition) is 0. The smallest absolute Gasteiger partial charge is 0.306 e. The number of carbonyl (C=O) groups excluding carboxylic acids is 3. The van der Waals surface area contributed by atoms with Crippen LogP contribution in [-0.4, -0.2) is 29.9 Å². The molecular formula is C40H61ClO5. The number of hydrogen-bond acceptors (Lipinski definition) is 5. The first-order valence-corrected chi connectivity index (χ1v) is 18.5. The minimum atomic E-state index is -0.544. The van der Waals surface area contributed by atoms with Gasteiger partial charge in [-0.1, -0.05) is 73.3 Å². The first kappa shape index (κ1) is 35.7. The summed E-state index contributed by atoms with van der Waals surface area (Å²) in [5, 5.41) is -0.100. The largest absolute Gasteiger partial charge is 0.462 e. The Bertz CT molecular complexity index is 1270. The molecule has 5 rings (SSSR count). The van der Waals surface area contributed by atoms with Crippen molar-refractivity contribution in [1.82, 2.24) is 0 Å². The highest BCUT2D eigenvalue weighted by Gasteiger charge is 2.72. The Balaban J connectivity index is 1.34. The molecule has 5 aliphatic carbocycles. The predicted octanol–water partition coefficient (Wildman–Crippen LogP) is 9.86. The summed E-state index contributed by atoms with van der Waals surface area (Å²) in [6.07, 6.45) is 12.2. The molecule has 3 unspecified atom stereocenters. The molecule has 5 fully saturated rings. The summed E-state index contributed by atoms with van der Waals surface area (Å²) in [6.45, 7) is 26.6. The van der Waals surface area contributed by atoms with Crippen molar-refractivity contribution in [2.75, 3.05) is 6.61 Å². The summed E-state index contributed by atoms with van der Waals surface area (Å²) >= 11 is 6.51. The second-order valence-electron chi connectivity index (χ2n) is 18.4. The van der Waals surface area contributed by atoms with Crippen molar-refractivity contribution in [2.45, 2.75) is 139 Å². The number of carbonyl (C=O) groups is 3. The van der Waals surface area contributed by atoms with E-state index in [9.17, 15) is 14.4 Å². The molecule has 0 aromatic carbocycles. The zero-order valence-corrected chi connectivity index (χ0v) is 30.8. The molecule has 0 aliphatic heterocycles. The second kappa shape index (κ2) is 12.1. The van der Waals surface area contributed by atoms with E-state index in [0.717, 1.165) is 51.4 Å². The fraction of sp³-hybridized carbons (Fsp3) is 0.825. The van der Waals surface area contributed by atoms with E-state index in [0.29, 0.717) is 29.6 Å². The van der Waals surface area contributed by atoms with Crippen molar-refractivity contribution in [2.24, 2.45) is 62.1 Å². The third-order valence-electron chi connectivity index (χ3n) is 15.3. The molecule has 10 atom stereocenters. The van der Waals surface area contributed by atoms with E-state index < -0.39 is 5.41 Å². The van der Waals surface area contributed by atoms with Gasteiger partial charge < -0.3 is 9.47 Å². The Labute approximate surface area is 284 Å². The highest BCUT2D eigenvalue weighted by Crippen LogP contribution is 2.77. The highest BCUT2D eigenvalue weighted by molar-refractivity contribution is 6.64. The monoisotopic (exact) mass is 656 g/mol. The first-order valence-electron chi connectivity index (χ1n) is 18.1. The summed E-state index contributed by atoms with van der Waals surface area (Å²) in [6, 6.07) is 0. The summed E-state index contributed by atoms with van der Waals surface area (Å²) in [7, 11) is 0. The maximum atomic E-state index is 13.3. The van der Waals surface area contributed by atoms with Crippen molar-refractivity contribution >= 4 is 28.8 Å². The van der Waals surface area contributed by atoms with Crippen molar-refractivity contribution in [3.8, 4) is 0 Å². The van der Waals surface area contributed by atoms with E-state index in [1.54, 1.807) is 6.08 Å². The van der Waals surface area contributed by atoms with Gasteiger partial charge in [0.05, 0.1) is 12.8 Å². The molecule has 258 valence electrons. The van der Waals surface area contributed by atoms with Crippen molar-refractivity contribution < 1.29 is 23.9 Å². The summed E-state index contributed by atoms with van der Waals surface area (Å²) < 4.78 is 11.5. The van der Waals surface area contributed by atoms with Crippen LogP contribution in [0.1, 0.15) is 132 Å². The van der Waals surface area contributed by atoms with E-state index in [-0.39, 0.29) is 69.8 Å². The van der Waals surface area contributed by atoms with Gasteiger partial charge in [-0.15, -0.1) is 0 Å². The number of esters is 2. The number of fused-ring (bicyclic) bond motifs is 7. The van der Waals surface area contributed by atoms with Crippen LogP contribution in [0.25, 0.3) is 0 Å². The van der Waals surface area contributed by atoms with Crippen LogP contribution in [0, 0.1) is 62.1 Å². The lowest BCUT2D eigenvalue weighted by molar-refractivity contribution is -0.248. The molecule has 0 bridgehead atoms. The Morgan fingerprint density at radius 1 is 0.848 bits per heavy atom. The Hall–Kier alpha value is -1.62. The van der Waals surface area contributed by atoms with Gasteiger partial charge >= 0.3 is 11.9 Å². The molecule has 46 heavy (non-hydrogen) atoms. The molecule has 0 N–H and O–H groups in total. The van der Waals surface area contributed by atoms with E-state index in [2.05, 4.69) is 54.7 Å². The lowest BCUT2D eigenvalue weighted by Crippen LogP contribution is -2.67. The summed E-state index contributed by atoms with van der Waals surface area (Å²) in [4.78, 5) is 38.7. The van der Waals surface area contributed by atoms with Crippen LogP contribution < -0.4 is 0 Å². The van der Waals surface area contributed by atoms with Crippen LogP contribution in [0.3, 0.4) is 0 Å². The van der Waals surface area contributed by atoms with E-state index in [1.165, 1.54) is 18.4 Å². The molecule has 0 radical (unpaired) electrons. The first-order chi connectivity index (χ1) is 21.3. The quantitative estimate of drug-likeness (QED) is 0.140. The SMILES string of the molecule is C=CCOC(=O)CC(C)(C)CC(=O)O[C@H]1CC[C@@]2(C)C(CC[C@]3(C)C2CC[C@@H]2C4[C@H](C(=C)C)CC[C@]4(C(=O)Cl)CC[C@]23C)C1(C)C. The molecule has 0 heterocycles. The maximum absolute atomic E-state index is 13.3. The fourth-order valence-corrected chi connectivity index (χ4v) is 13.2. The zero-order valence-electron chi connectivity index (χ0n) is 30.1. The zero-order chi connectivity index (χ0) is 34.1. The topological polar surface area (TPSA) is 69.7 Å². The average molecular weight is 657 g/mol. The molecule has 0 saturated heterocycles. The number of rotatable bonds is 9. The molecule has 0 aromatic rings. The standard InChI is InChI=1S/C40H61ClO5/c1-11-22-45-31(42)23-35(4,5)24-32(43)46-30-16-17-37(8)28(36(30,6)7)15-18-39(10)29(37)13-12-27-33-26(25(2)3)14-19-40(33,34(41)44)21-20-38(27,39)9/h11,26-30,33H,1-2,12-24H2,3-10H3/t26-,27+,28?,29?,30-,33?,37-,38+,39+,40-/m0/s1. The van der Waals surface area contributed by atoms with Crippen LogP contribution in [0.5, 0.6) is 0 Å². The van der Waals surface area contributed by atoms with Gasteiger partial charge in [-0.3, -0.25) is 14.4 Å². The predicted molar refractivity (Wildman–Crippen MR) is 184 cm³/mol. The molecule has 5 aliphatic rings. The lowest BCUT2D eigenvalue weighted by Gasteiger charge is -2.72. The van der Waals surface area contributed by atoms with Gasteiger partial charge in [0.25, 0.3) is 0 Å². The molecule has 5 nitrogen and oxygen atoms in total. The maximum Gasteiger partial charge on any atom is 0.306 e. The molecule has 0 aromatic heterocycles. The average Bonchev–Trinajstić information content (AvgIpc) is 3.35. The van der Waals surface area contributed by atoms with Crippen LogP contribution in [0.2, 0.25) is 0 Å². The normalized spacial score (nSPS) is 42.8. The van der Waals surface area contributed by atoms with Crippen molar-refractivity contribution in [1.29, 1.82) is 0 Å². The van der Waals surface area contributed by atoms with Crippen molar-refractivity contribution in [3.05, 3.63) is 24.8 Å². The van der Waals surface area contributed by atoms with E-state index in [1.807, 2.05) is 13.8 Å². The Morgan fingerprint density at radius 2 is 1.52 bits per heavy atom. The highest BCUT2D eigenvalue weighted by atomic mass is 35.5. The third kappa shape index (κ3) is 5.45. The molecule has 0 spiro atoms. The van der Waals surface area contributed by atoms with Gasteiger partial charge in [-0.05, 0) is 134 Å². The van der Waals surface area contributed by atoms with E-state index >= 15 is 0 Å². The summed E-state index contributed by atoms with van der Waals surface area (Å²) in [5.41, 5.74) is 0.618. The van der Waals surface area contributed by atoms with Crippen molar-refractivity contribution in [3.63, 3.8) is 0 Å². The van der Waals surface area contributed by atoms with Gasteiger partial charge in [-0.2, -0.15) is 0 Å². The van der Waals surface area contributed by atoms with Crippen LogP contribution in [-0.2, 0) is 23.9 Å². The minimum absolute atomic E-state index is 0.100. The summed E-state index contributed by atoms with van der Waals surface area (Å²) in [5.74, 6) is 1.66. The number of allylic oxidation sites excluding steroid dienone is 1. The number of ether oxygens (including phenoxy) is 2. The number of halogens is 1. The molecule has 6 heteroatoms. The van der Waals surface area contributed by atoms with Crippen LogP contribution in [0.4, 0.5) is 0 Å². The Morgan fingerprint density at radius 3 is 2.15 bits per heavy atom. The van der Waals surface area contributed by atoms with Gasteiger partial charge in [-0.25, -0.2) is 0 Å². The van der Waals surface area contributed by atoms with Gasteiger partial charge in [0.15, 0.2) is 0 Å². The molecule has 0 amide bonds. The van der Waals surface area contributed by atoms with Crippen LogP contribution in [0.15, 0.2) is 24.8 Å². The van der Waals surface area contributed by atoms with Gasteiger partial charge in [0.2, 0.25) is 5.24 Å².